The van der Waals surface area contributed by atoms with E-state index in [1.54, 1.807) is 7.11 Å². The van der Waals surface area contributed by atoms with Crippen LogP contribution >= 0.6 is 0 Å². The first-order valence-electron chi connectivity index (χ1n) is 9.41. The van der Waals surface area contributed by atoms with Crippen LogP contribution in [0.4, 0.5) is 0 Å². The highest BCUT2D eigenvalue weighted by molar-refractivity contribution is 5.83. The lowest BCUT2D eigenvalue weighted by Gasteiger charge is -2.18. The number of nitrogens with zero attached hydrogens (tertiary/aromatic N) is 2. The Morgan fingerprint density at radius 3 is 2.77 bits per heavy atom. The zero-order valence-corrected chi connectivity index (χ0v) is 16.3. The Morgan fingerprint density at radius 2 is 1.96 bits per heavy atom. The highest BCUT2D eigenvalue weighted by Gasteiger charge is 2.03. The largest absolute Gasteiger partial charge is 0.385 e. The van der Waals surface area contributed by atoms with Gasteiger partial charge in [0, 0.05) is 64.0 Å². The Bertz CT molecular complexity index is 667. The molecule has 6 heteroatoms. The predicted molar refractivity (Wildman–Crippen MR) is 110 cm³/mol. The van der Waals surface area contributed by atoms with Crippen molar-refractivity contribution >= 4 is 16.9 Å². The van der Waals surface area contributed by atoms with Gasteiger partial charge in [-0.25, -0.2) is 0 Å². The number of hydrogen-bond acceptors (Lipinski definition) is 3. The third kappa shape index (κ3) is 6.69. The summed E-state index contributed by atoms with van der Waals surface area (Å²) in [5.74, 6) is 0.870. The maximum atomic E-state index is 5.08. The van der Waals surface area contributed by atoms with Crippen LogP contribution in [0.25, 0.3) is 10.9 Å². The summed E-state index contributed by atoms with van der Waals surface area (Å²) in [6.07, 6.45) is 5.31. The molecule has 26 heavy (non-hydrogen) atoms. The van der Waals surface area contributed by atoms with Crippen molar-refractivity contribution in [2.45, 2.75) is 19.3 Å². The first-order valence-corrected chi connectivity index (χ1v) is 9.41. The average molecular weight is 360 g/mol. The van der Waals surface area contributed by atoms with Crippen molar-refractivity contribution in [2.24, 2.45) is 4.99 Å². The van der Waals surface area contributed by atoms with Crippen LogP contribution in [0, 0.1) is 0 Å². The number of para-hydroxylation sites is 1. The molecular weight excluding hydrogens is 326 g/mol. The molecule has 0 bridgehead atoms. The number of ether oxygens (including phenoxy) is 1. The number of H-pyrrole nitrogens is 1. The number of fused-ring (bicyclic) bond motifs is 1. The number of likely N-dealkylation sites (N-methyl/N-ethyl adjacent to an activating group) is 1. The Hall–Kier alpha value is -2.05. The summed E-state index contributed by atoms with van der Waals surface area (Å²) in [6.45, 7) is 4.64. The molecule has 1 aromatic heterocycles. The van der Waals surface area contributed by atoms with Crippen LogP contribution in [0.3, 0.4) is 0 Å². The lowest BCUT2D eigenvalue weighted by atomic mass is 10.1. The normalized spacial score (nSPS) is 12.1. The average Bonchev–Trinajstić information content (AvgIpc) is 3.07. The summed E-state index contributed by atoms with van der Waals surface area (Å²) in [4.78, 5) is 9.93. The number of aromatic amines is 1. The van der Waals surface area contributed by atoms with Gasteiger partial charge in [-0.1, -0.05) is 18.2 Å². The van der Waals surface area contributed by atoms with E-state index in [0.717, 1.165) is 58.0 Å². The van der Waals surface area contributed by atoms with Crippen molar-refractivity contribution in [1.82, 2.24) is 20.5 Å². The molecule has 1 aromatic carbocycles. The molecule has 0 unspecified atom stereocenters. The van der Waals surface area contributed by atoms with Gasteiger partial charge in [-0.05, 0) is 37.9 Å². The molecule has 0 spiro atoms. The molecule has 0 atom stereocenters. The van der Waals surface area contributed by atoms with E-state index in [4.69, 9.17) is 4.74 Å². The van der Waals surface area contributed by atoms with E-state index in [1.807, 2.05) is 7.05 Å². The van der Waals surface area contributed by atoms with E-state index >= 15 is 0 Å². The van der Waals surface area contributed by atoms with Crippen molar-refractivity contribution in [3.8, 4) is 0 Å². The Morgan fingerprint density at radius 1 is 1.15 bits per heavy atom. The molecule has 0 aliphatic heterocycles. The molecule has 2 aromatic rings. The van der Waals surface area contributed by atoms with Crippen LogP contribution in [0.5, 0.6) is 0 Å². The molecule has 0 saturated carbocycles. The second kappa shape index (κ2) is 11.5. The van der Waals surface area contributed by atoms with Crippen LogP contribution in [-0.4, -0.2) is 69.8 Å². The molecule has 144 valence electrons. The molecule has 0 aliphatic carbocycles. The summed E-state index contributed by atoms with van der Waals surface area (Å²) >= 11 is 0. The van der Waals surface area contributed by atoms with Crippen LogP contribution in [0.1, 0.15) is 18.4 Å². The number of guanidine groups is 1. The number of aliphatic imine (C=N–C) groups is 1. The summed E-state index contributed by atoms with van der Waals surface area (Å²) in [6, 6.07) is 8.46. The smallest absolute Gasteiger partial charge is 0.191 e. The lowest BCUT2D eigenvalue weighted by Crippen LogP contribution is -2.41. The fraction of sp³-hybridized carbons (Fsp3) is 0.550. The van der Waals surface area contributed by atoms with E-state index in [-0.39, 0.29) is 0 Å². The highest BCUT2D eigenvalue weighted by Crippen LogP contribution is 2.18. The van der Waals surface area contributed by atoms with Gasteiger partial charge >= 0.3 is 0 Å². The molecule has 0 radical (unpaired) electrons. The van der Waals surface area contributed by atoms with E-state index in [0.29, 0.717) is 0 Å². The highest BCUT2D eigenvalue weighted by atomic mass is 16.5. The van der Waals surface area contributed by atoms with Crippen molar-refractivity contribution in [2.75, 3.05) is 54.0 Å². The quantitative estimate of drug-likeness (QED) is 0.327. The van der Waals surface area contributed by atoms with E-state index in [2.05, 4.69) is 63.0 Å². The molecule has 0 saturated heterocycles. The van der Waals surface area contributed by atoms with Crippen LogP contribution in [0.2, 0.25) is 0 Å². The number of nitrogens with one attached hydrogen (secondary N) is 3. The zero-order valence-electron chi connectivity index (χ0n) is 16.3. The molecule has 0 aliphatic rings. The first-order chi connectivity index (χ1) is 12.7. The Kier molecular flexibility index (Phi) is 9.00. The molecule has 6 nitrogen and oxygen atoms in total. The zero-order chi connectivity index (χ0) is 18.6. The van der Waals surface area contributed by atoms with Crippen LogP contribution < -0.4 is 10.6 Å². The Labute approximate surface area is 157 Å². The Balaban J connectivity index is 1.61. The maximum absolute atomic E-state index is 5.08. The van der Waals surface area contributed by atoms with Gasteiger partial charge in [0.2, 0.25) is 0 Å². The minimum Gasteiger partial charge on any atom is -0.385 e. The minimum atomic E-state index is 0.817. The van der Waals surface area contributed by atoms with Crippen molar-refractivity contribution in [3.63, 3.8) is 0 Å². The van der Waals surface area contributed by atoms with E-state index < -0.39 is 0 Å². The molecular formula is C20H33N5O. The minimum absolute atomic E-state index is 0.817. The summed E-state index contributed by atoms with van der Waals surface area (Å²) in [5, 5.41) is 8.10. The van der Waals surface area contributed by atoms with Crippen LogP contribution in [-0.2, 0) is 11.2 Å². The molecule has 0 fully saturated rings. The summed E-state index contributed by atoms with van der Waals surface area (Å²) < 4.78 is 5.08. The van der Waals surface area contributed by atoms with Crippen LogP contribution in [0.15, 0.2) is 35.5 Å². The fourth-order valence-electron chi connectivity index (χ4n) is 3.00. The SMILES string of the molecule is CN=C(NCCCc1c[nH]c2ccccc12)NCCN(C)CCCOC. The summed E-state index contributed by atoms with van der Waals surface area (Å²) in [7, 11) is 5.70. The van der Waals surface area contributed by atoms with E-state index in [9.17, 15) is 0 Å². The standard InChI is InChI=1S/C20H33N5O/c1-21-20(23-12-14-25(2)13-7-15-26-3)22-11-6-8-17-16-24-19-10-5-4-9-18(17)19/h4-5,9-10,16,24H,6-8,11-15H2,1-3H3,(H2,21,22,23). The molecule has 0 amide bonds. The molecule has 1 heterocycles. The third-order valence-corrected chi connectivity index (χ3v) is 4.49. The third-order valence-electron chi connectivity index (χ3n) is 4.49. The van der Waals surface area contributed by atoms with Gasteiger partial charge in [0.1, 0.15) is 0 Å². The van der Waals surface area contributed by atoms with Gasteiger partial charge in [0.05, 0.1) is 0 Å². The van der Waals surface area contributed by atoms with Gasteiger partial charge in [0.15, 0.2) is 5.96 Å². The second-order valence-corrected chi connectivity index (χ2v) is 6.54. The van der Waals surface area contributed by atoms with Gasteiger partial charge in [-0.2, -0.15) is 0 Å². The van der Waals surface area contributed by atoms with E-state index in [1.165, 1.54) is 16.5 Å². The van der Waals surface area contributed by atoms with Gasteiger partial charge in [0.25, 0.3) is 0 Å². The lowest BCUT2D eigenvalue weighted by molar-refractivity contribution is 0.180. The topological polar surface area (TPSA) is 64.7 Å². The number of hydrogen-bond donors (Lipinski definition) is 3. The van der Waals surface area contributed by atoms with Gasteiger partial charge in [-0.3, -0.25) is 4.99 Å². The maximum Gasteiger partial charge on any atom is 0.191 e. The molecule has 2 rings (SSSR count). The van der Waals surface area contributed by atoms with Gasteiger partial charge in [-0.15, -0.1) is 0 Å². The van der Waals surface area contributed by atoms with Crippen molar-refractivity contribution in [3.05, 3.63) is 36.0 Å². The monoisotopic (exact) mass is 359 g/mol. The predicted octanol–water partition coefficient (Wildman–Crippen LogP) is 2.23. The number of methoxy groups -OCH3 is 1. The summed E-state index contributed by atoms with van der Waals surface area (Å²) in [5.41, 5.74) is 2.59. The fourth-order valence-corrected chi connectivity index (χ4v) is 3.00. The second-order valence-electron chi connectivity index (χ2n) is 6.54. The molecule has 3 N–H and O–H groups in total. The number of aromatic nitrogens is 1. The first kappa shape index (κ1) is 20.3. The van der Waals surface area contributed by atoms with Crippen molar-refractivity contribution in [1.29, 1.82) is 0 Å². The van der Waals surface area contributed by atoms with Gasteiger partial charge < -0.3 is 25.3 Å². The van der Waals surface area contributed by atoms with Crippen molar-refractivity contribution < 1.29 is 4.74 Å². The number of rotatable bonds is 11. The number of aryl methyl sites for hydroxylation is 1. The number of benzene rings is 1.